The maximum atomic E-state index is 12.6. The van der Waals surface area contributed by atoms with Crippen LogP contribution in [0, 0.1) is 0 Å². The van der Waals surface area contributed by atoms with Crippen molar-refractivity contribution in [2.45, 2.75) is 31.8 Å². The first-order valence-electron chi connectivity index (χ1n) is 8.47. The van der Waals surface area contributed by atoms with Crippen molar-refractivity contribution in [2.75, 3.05) is 0 Å². The maximum absolute atomic E-state index is 12.6. The van der Waals surface area contributed by atoms with Crippen LogP contribution >= 0.6 is 0 Å². The average molecular weight is 370 g/mol. The van der Waals surface area contributed by atoms with Crippen LogP contribution in [-0.4, -0.2) is 40.1 Å². The number of hydrogen-bond donors (Lipinski definition) is 4. The van der Waals surface area contributed by atoms with E-state index in [9.17, 15) is 24.6 Å². The van der Waals surface area contributed by atoms with Crippen LogP contribution in [0.1, 0.15) is 18.1 Å². The SMILES string of the molecule is CC(=O)N[C@H](Cc1ccccc1)C(=O)N[C@@H](Cc1ccc(O)cc1)C(=O)O. The first kappa shape index (κ1) is 20.0. The van der Waals surface area contributed by atoms with Gasteiger partial charge >= 0.3 is 5.97 Å². The molecule has 0 saturated heterocycles. The Balaban J connectivity index is 2.10. The van der Waals surface area contributed by atoms with E-state index in [1.54, 1.807) is 12.1 Å². The third-order valence-electron chi connectivity index (χ3n) is 3.97. The number of nitrogens with one attached hydrogen (secondary N) is 2. The Bertz CT molecular complexity index is 790. The van der Waals surface area contributed by atoms with Crippen LogP contribution in [-0.2, 0) is 27.2 Å². The van der Waals surface area contributed by atoms with Gasteiger partial charge in [0.15, 0.2) is 0 Å². The summed E-state index contributed by atoms with van der Waals surface area (Å²) < 4.78 is 0. The Hall–Kier alpha value is -3.35. The summed E-state index contributed by atoms with van der Waals surface area (Å²) >= 11 is 0. The van der Waals surface area contributed by atoms with Crippen LogP contribution in [0.5, 0.6) is 5.75 Å². The molecule has 27 heavy (non-hydrogen) atoms. The molecule has 0 fully saturated rings. The summed E-state index contributed by atoms with van der Waals surface area (Å²) in [6.07, 6.45) is 0.303. The minimum absolute atomic E-state index is 0.0550. The summed E-state index contributed by atoms with van der Waals surface area (Å²) in [5.41, 5.74) is 1.50. The molecule has 2 rings (SSSR count). The van der Waals surface area contributed by atoms with Crippen LogP contribution in [0.4, 0.5) is 0 Å². The number of carboxylic acids is 1. The third kappa shape index (κ3) is 6.47. The molecule has 7 heteroatoms. The fraction of sp³-hybridized carbons (Fsp3) is 0.250. The van der Waals surface area contributed by atoms with Crippen LogP contribution in [0.3, 0.4) is 0 Å². The molecule has 0 aromatic heterocycles. The van der Waals surface area contributed by atoms with Gasteiger partial charge in [0.1, 0.15) is 17.8 Å². The van der Waals surface area contributed by atoms with Crippen LogP contribution < -0.4 is 10.6 Å². The second kappa shape index (κ2) is 9.38. The van der Waals surface area contributed by atoms with Crippen LogP contribution in [0.2, 0.25) is 0 Å². The number of aromatic hydroxyl groups is 1. The summed E-state index contributed by atoms with van der Waals surface area (Å²) in [7, 11) is 0. The number of carbonyl (C=O) groups is 3. The van der Waals surface area contributed by atoms with Crippen molar-refractivity contribution < 1.29 is 24.6 Å². The highest BCUT2D eigenvalue weighted by atomic mass is 16.4. The Kier molecular flexibility index (Phi) is 6.93. The lowest BCUT2D eigenvalue weighted by molar-refractivity contribution is -0.142. The number of carbonyl (C=O) groups excluding carboxylic acids is 2. The van der Waals surface area contributed by atoms with Crippen molar-refractivity contribution in [3.63, 3.8) is 0 Å². The number of hydrogen-bond acceptors (Lipinski definition) is 4. The van der Waals surface area contributed by atoms with E-state index in [1.807, 2.05) is 30.3 Å². The number of phenols is 1. The second-order valence-corrected chi connectivity index (χ2v) is 6.21. The average Bonchev–Trinajstić information content (AvgIpc) is 2.62. The summed E-state index contributed by atoms with van der Waals surface area (Å²) in [5.74, 6) is -2.06. The van der Waals surface area contributed by atoms with E-state index in [2.05, 4.69) is 10.6 Å². The zero-order chi connectivity index (χ0) is 19.8. The van der Waals surface area contributed by atoms with Gasteiger partial charge < -0.3 is 20.8 Å². The third-order valence-corrected chi connectivity index (χ3v) is 3.97. The quantitative estimate of drug-likeness (QED) is 0.558. The van der Waals surface area contributed by atoms with Gasteiger partial charge in [-0.25, -0.2) is 4.79 Å². The number of rotatable bonds is 8. The molecule has 0 bridgehead atoms. The van der Waals surface area contributed by atoms with E-state index >= 15 is 0 Å². The molecule has 7 nitrogen and oxygen atoms in total. The summed E-state index contributed by atoms with van der Waals surface area (Å²) in [4.78, 5) is 35.6. The fourth-order valence-electron chi connectivity index (χ4n) is 2.64. The molecule has 2 atom stereocenters. The molecule has 2 aromatic rings. The highest BCUT2D eigenvalue weighted by molar-refractivity contribution is 5.90. The molecule has 0 heterocycles. The van der Waals surface area contributed by atoms with Crippen molar-refractivity contribution in [3.05, 3.63) is 65.7 Å². The predicted molar refractivity (Wildman–Crippen MR) is 99.1 cm³/mol. The Labute approximate surface area is 157 Å². The normalized spacial score (nSPS) is 12.6. The minimum Gasteiger partial charge on any atom is -0.508 e. The summed E-state index contributed by atoms with van der Waals surface area (Å²) in [5, 5.41) is 23.8. The standard InChI is InChI=1S/C20H22N2O5/c1-13(23)21-17(11-14-5-3-2-4-6-14)19(25)22-18(20(26)27)12-15-7-9-16(24)10-8-15/h2-10,17-18,24H,11-12H2,1H3,(H,21,23)(H,22,25)(H,26,27)/t17-,18+/m1/s1. The van der Waals surface area contributed by atoms with Crippen molar-refractivity contribution in [3.8, 4) is 5.75 Å². The van der Waals surface area contributed by atoms with Crippen LogP contribution in [0.15, 0.2) is 54.6 Å². The largest absolute Gasteiger partial charge is 0.508 e. The molecular formula is C20H22N2O5. The van der Waals surface area contributed by atoms with E-state index < -0.39 is 24.0 Å². The molecule has 0 radical (unpaired) electrons. The monoisotopic (exact) mass is 370 g/mol. The zero-order valence-electron chi connectivity index (χ0n) is 14.9. The Morgan fingerprint density at radius 1 is 0.852 bits per heavy atom. The molecular weight excluding hydrogens is 348 g/mol. The predicted octanol–water partition coefficient (Wildman–Crippen LogP) is 1.25. The van der Waals surface area contributed by atoms with Crippen molar-refractivity contribution in [1.82, 2.24) is 10.6 Å². The van der Waals surface area contributed by atoms with Crippen LogP contribution in [0.25, 0.3) is 0 Å². The highest BCUT2D eigenvalue weighted by Gasteiger charge is 2.26. The van der Waals surface area contributed by atoms with Crippen molar-refractivity contribution in [2.24, 2.45) is 0 Å². The molecule has 142 valence electrons. The van der Waals surface area contributed by atoms with Crippen molar-refractivity contribution >= 4 is 17.8 Å². The first-order chi connectivity index (χ1) is 12.8. The van der Waals surface area contributed by atoms with Gasteiger partial charge in [-0.2, -0.15) is 0 Å². The number of amides is 2. The lowest BCUT2D eigenvalue weighted by Gasteiger charge is -2.21. The topological polar surface area (TPSA) is 116 Å². The molecule has 0 aliphatic rings. The highest BCUT2D eigenvalue weighted by Crippen LogP contribution is 2.12. The lowest BCUT2D eigenvalue weighted by atomic mass is 10.0. The fourth-order valence-corrected chi connectivity index (χ4v) is 2.64. The molecule has 0 unspecified atom stereocenters. The van der Waals surface area contributed by atoms with E-state index in [-0.39, 0.29) is 24.5 Å². The molecule has 0 spiro atoms. The van der Waals surface area contributed by atoms with Gasteiger partial charge in [0.2, 0.25) is 11.8 Å². The van der Waals surface area contributed by atoms with E-state index in [0.717, 1.165) is 5.56 Å². The second-order valence-electron chi connectivity index (χ2n) is 6.21. The van der Waals surface area contributed by atoms with E-state index in [4.69, 9.17) is 0 Å². The van der Waals surface area contributed by atoms with Crippen molar-refractivity contribution in [1.29, 1.82) is 0 Å². The number of phenolic OH excluding ortho intramolecular Hbond substituents is 1. The Morgan fingerprint density at radius 3 is 1.96 bits per heavy atom. The smallest absolute Gasteiger partial charge is 0.326 e. The number of aliphatic carboxylic acids is 1. The number of carboxylic acid groups (broad SMARTS) is 1. The molecule has 0 aliphatic heterocycles. The molecule has 2 amide bonds. The molecule has 2 aromatic carbocycles. The van der Waals surface area contributed by atoms with Gasteiger partial charge in [0.25, 0.3) is 0 Å². The van der Waals surface area contributed by atoms with Gasteiger partial charge in [0, 0.05) is 19.8 Å². The van der Waals surface area contributed by atoms with Gasteiger partial charge in [-0.05, 0) is 23.3 Å². The Morgan fingerprint density at radius 2 is 1.41 bits per heavy atom. The molecule has 0 aliphatic carbocycles. The molecule has 4 N–H and O–H groups in total. The van der Waals surface area contributed by atoms with Gasteiger partial charge in [0.05, 0.1) is 0 Å². The van der Waals surface area contributed by atoms with Gasteiger partial charge in [-0.3, -0.25) is 9.59 Å². The summed E-state index contributed by atoms with van der Waals surface area (Å²) in [6.45, 7) is 1.30. The molecule has 0 saturated carbocycles. The number of benzene rings is 2. The first-order valence-corrected chi connectivity index (χ1v) is 8.47. The lowest BCUT2D eigenvalue weighted by Crippen LogP contribution is -2.52. The van der Waals surface area contributed by atoms with E-state index in [1.165, 1.54) is 19.1 Å². The van der Waals surface area contributed by atoms with Gasteiger partial charge in [-0.1, -0.05) is 42.5 Å². The maximum Gasteiger partial charge on any atom is 0.326 e. The zero-order valence-corrected chi connectivity index (χ0v) is 14.9. The summed E-state index contributed by atoms with van der Waals surface area (Å²) in [6, 6.07) is 13.2. The minimum atomic E-state index is -1.18. The van der Waals surface area contributed by atoms with E-state index in [0.29, 0.717) is 5.56 Å². The van der Waals surface area contributed by atoms with Gasteiger partial charge in [-0.15, -0.1) is 0 Å².